The lowest BCUT2D eigenvalue weighted by Crippen LogP contribution is -2.43. The van der Waals surface area contributed by atoms with E-state index in [0.29, 0.717) is 19.1 Å². The van der Waals surface area contributed by atoms with E-state index >= 15 is 0 Å². The van der Waals surface area contributed by atoms with Crippen molar-refractivity contribution >= 4 is 11.6 Å². The van der Waals surface area contributed by atoms with E-state index in [4.69, 9.17) is 5.73 Å². The van der Waals surface area contributed by atoms with Gasteiger partial charge in [0.25, 0.3) is 0 Å². The van der Waals surface area contributed by atoms with Crippen LogP contribution in [0.25, 0.3) is 0 Å². The monoisotopic (exact) mass is 289 g/mol. The summed E-state index contributed by atoms with van der Waals surface area (Å²) < 4.78 is 0. The Morgan fingerprint density at radius 2 is 2.29 bits per heavy atom. The number of benzene rings is 1. The van der Waals surface area contributed by atoms with Gasteiger partial charge in [-0.3, -0.25) is 9.69 Å². The molecule has 1 aromatic carbocycles. The molecule has 0 aliphatic carbocycles. The van der Waals surface area contributed by atoms with E-state index in [1.807, 2.05) is 24.3 Å². The van der Waals surface area contributed by atoms with E-state index in [1.54, 1.807) is 0 Å². The number of likely N-dealkylation sites (tertiary alicyclic amines) is 1. The van der Waals surface area contributed by atoms with Gasteiger partial charge in [0.15, 0.2) is 0 Å². The van der Waals surface area contributed by atoms with Crippen LogP contribution in [0.2, 0.25) is 0 Å². The van der Waals surface area contributed by atoms with Crippen molar-refractivity contribution in [2.24, 2.45) is 5.73 Å². The summed E-state index contributed by atoms with van der Waals surface area (Å²) in [5.74, 6) is 0.0761. The zero-order valence-electron chi connectivity index (χ0n) is 13.0. The number of rotatable bonds is 6. The predicted octanol–water partition coefficient (Wildman–Crippen LogP) is 2.74. The molecule has 4 heteroatoms. The average molecular weight is 289 g/mol. The molecule has 2 rings (SSSR count). The molecule has 1 heterocycles. The maximum atomic E-state index is 12.2. The highest BCUT2D eigenvalue weighted by molar-refractivity contribution is 5.92. The van der Waals surface area contributed by atoms with Gasteiger partial charge in [-0.15, -0.1) is 0 Å². The fraction of sp³-hybridized carbons (Fsp3) is 0.588. The van der Waals surface area contributed by atoms with Crippen molar-refractivity contribution in [1.82, 2.24) is 4.90 Å². The summed E-state index contributed by atoms with van der Waals surface area (Å²) in [6.07, 6.45) is 6.10. The fourth-order valence-electron chi connectivity index (χ4n) is 3.09. The van der Waals surface area contributed by atoms with Gasteiger partial charge in [-0.2, -0.15) is 0 Å². The van der Waals surface area contributed by atoms with Crippen LogP contribution in [0.5, 0.6) is 0 Å². The highest BCUT2D eigenvalue weighted by Gasteiger charge is 2.23. The minimum absolute atomic E-state index is 0.0761. The molecule has 0 bridgehead atoms. The number of nitrogens with zero attached hydrogens (tertiary/aromatic N) is 1. The smallest absolute Gasteiger partial charge is 0.238 e. The van der Waals surface area contributed by atoms with E-state index < -0.39 is 0 Å². The topological polar surface area (TPSA) is 58.4 Å². The number of piperidine rings is 1. The van der Waals surface area contributed by atoms with E-state index in [1.165, 1.54) is 32.1 Å². The highest BCUT2D eigenvalue weighted by Crippen LogP contribution is 2.20. The molecule has 0 saturated carbocycles. The molecule has 0 aromatic heterocycles. The second-order valence-corrected chi connectivity index (χ2v) is 5.86. The van der Waals surface area contributed by atoms with E-state index in [9.17, 15) is 4.79 Å². The highest BCUT2D eigenvalue weighted by atomic mass is 16.2. The number of carbonyl (C=O) groups is 1. The van der Waals surface area contributed by atoms with Crippen LogP contribution >= 0.6 is 0 Å². The molecule has 116 valence electrons. The second kappa shape index (κ2) is 8.15. The molecular weight excluding hydrogens is 262 g/mol. The summed E-state index contributed by atoms with van der Waals surface area (Å²) >= 11 is 0. The minimum Gasteiger partial charge on any atom is -0.326 e. The van der Waals surface area contributed by atoms with Gasteiger partial charge in [-0.1, -0.05) is 31.9 Å². The largest absolute Gasteiger partial charge is 0.326 e. The fourth-order valence-corrected chi connectivity index (χ4v) is 3.09. The van der Waals surface area contributed by atoms with Gasteiger partial charge < -0.3 is 11.1 Å². The summed E-state index contributed by atoms with van der Waals surface area (Å²) in [7, 11) is 0. The molecule has 1 aromatic rings. The van der Waals surface area contributed by atoms with Crippen LogP contribution in [0, 0.1) is 0 Å². The third kappa shape index (κ3) is 4.83. The lowest BCUT2D eigenvalue weighted by Gasteiger charge is -2.35. The van der Waals surface area contributed by atoms with E-state index in [0.717, 1.165) is 17.8 Å². The van der Waals surface area contributed by atoms with Crippen molar-refractivity contribution in [3.63, 3.8) is 0 Å². The van der Waals surface area contributed by atoms with Gasteiger partial charge in [-0.05, 0) is 43.5 Å². The number of anilines is 1. The molecule has 0 radical (unpaired) electrons. The van der Waals surface area contributed by atoms with Crippen LogP contribution in [0.15, 0.2) is 24.3 Å². The zero-order chi connectivity index (χ0) is 15.1. The minimum atomic E-state index is 0.0761. The van der Waals surface area contributed by atoms with Gasteiger partial charge in [0.1, 0.15) is 0 Å². The predicted molar refractivity (Wildman–Crippen MR) is 87.1 cm³/mol. The van der Waals surface area contributed by atoms with Crippen molar-refractivity contribution < 1.29 is 4.79 Å². The van der Waals surface area contributed by atoms with Gasteiger partial charge in [-0.25, -0.2) is 0 Å². The van der Waals surface area contributed by atoms with Crippen LogP contribution < -0.4 is 11.1 Å². The third-order valence-electron chi connectivity index (χ3n) is 4.16. The number of hydrogen-bond donors (Lipinski definition) is 2. The van der Waals surface area contributed by atoms with Gasteiger partial charge in [0.2, 0.25) is 5.91 Å². The molecule has 1 unspecified atom stereocenters. The van der Waals surface area contributed by atoms with E-state index in [2.05, 4.69) is 17.1 Å². The Bertz CT molecular complexity index is 459. The van der Waals surface area contributed by atoms with Crippen molar-refractivity contribution in [2.45, 2.75) is 51.6 Å². The second-order valence-electron chi connectivity index (χ2n) is 5.86. The molecule has 1 atom stereocenters. The Morgan fingerprint density at radius 3 is 3.05 bits per heavy atom. The first-order chi connectivity index (χ1) is 10.2. The number of carbonyl (C=O) groups excluding carboxylic acids is 1. The van der Waals surface area contributed by atoms with Gasteiger partial charge >= 0.3 is 0 Å². The Hall–Kier alpha value is -1.39. The molecule has 4 nitrogen and oxygen atoms in total. The van der Waals surface area contributed by atoms with Crippen molar-refractivity contribution in [3.05, 3.63) is 29.8 Å². The Kier molecular flexibility index (Phi) is 6.21. The van der Waals surface area contributed by atoms with Crippen LogP contribution in [0.4, 0.5) is 5.69 Å². The van der Waals surface area contributed by atoms with Crippen molar-refractivity contribution in [2.75, 3.05) is 18.4 Å². The summed E-state index contributed by atoms with van der Waals surface area (Å²) in [6, 6.07) is 8.33. The SMILES string of the molecule is CCCC1CCCCN1CC(=O)Nc1cccc(CN)c1. The van der Waals surface area contributed by atoms with Crippen LogP contribution in [0.1, 0.15) is 44.6 Å². The van der Waals surface area contributed by atoms with Crippen LogP contribution in [0.3, 0.4) is 0 Å². The normalized spacial score (nSPS) is 19.4. The first-order valence-electron chi connectivity index (χ1n) is 8.06. The molecule has 1 saturated heterocycles. The van der Waals surface area contributed by atoms with Crippen molar-refractivity contribution in [1.29, 1.82) is 0 Å². The first kappa shape index (κ1) is 16.0. The van der Waals surface area contributed by atoms with Crippen LogP contribution in [-0.2, 0) is 11.3 Å². The summed E-state index contributed by atoms with van der Waals surface area (Å²) in [4.78, 5) is 14.6. The Balaban J connectivity index is 1.90. The summed E-state index contributed by atoms with van der Waals surface area (Å²) in [5, 5.41) is 2.99. The summed E-state index contributed by atoms with van der Waals surface area (Å²) in [5.41, 5.74) is 7.51. The molecule has 3 N–H and O–H groups in total. The Morgan fingerprint density at radius 1 is 1.43 bits per heavy atom. The maximum Gasteiger partial charge on any atom is 0.238 e. The molecule has 1 amide bonds. The summed E-state index contributed by atoms with van der Waals surface area (Å²) in [6.45, 7) is 4.25. The lowest BCUT2D eigenvalue weighted by atomic mass is 9.98. The maximum absolute atomic E-state index is 12.2. The molecule has 1 fully saturated rings. The number of nitrogens with one attached hydrogen (secondary N) is 1. The standard InChI is InChI=1S/C17H27N3O/c1-2-6-16-9-3-4-10-20(16)13-17(21)19-15-8-5-7-14(11-15)12-18/h5,7-8,11,16H,2-4,6,9-10,12-13,18H2,1H3,(H,19,21). The van der Waals surface area contributed by atoms with Gasteiger partial charge in [0, 0.05) is 18.3 Å². The van der Waals surface area contributed by atoms with Crippen molar-refractivity contribution in [3.8, 4) is 0 Å². The third-order valence-corrected chi connectivity index (χ3v) is 4.16. The molecule has 21 heavy (non-hydrogen) atoms. The first-order valence-corrected chi connectivity index (χ1v) is 8.06. The average Bonchev–Trinajstić information content (AvgIpc) is 2.49. The molecule has 1 aliphatic rings. The molecule has 0 spiro atoms. The quantitative estimate of drug-likeness (QED) is 0.846. The van der Waals surface area contributed by atoms with Gasteiger partial charge in [0.05, 0.1) is 6.54 Å². The van der Waals surface area contributed by atoms with Crippen LogP contribution in [-0.4, -0.2) is 29.9 Å². The Labute approximate surface area is 127 Å². The zero-order valence-corrected chi connectivity index (χ0v) is 13.0. The van der Waals surface area contributed by atoms with E-state index in [-0.39, 0.29) is 5.91 Å². The lowest BCUT2D eigenvalue weighted by molar-refractivity contribution is -0.118. The molecule has 1 aliphatic heterocycles. The number of amides is 1. The number of hydrogen-bond acceptors (Lipinski definition) is 3. The molecular formula is C17H27N3O. The number of nitrogens with two attached hydrogens (primary N) is 1.